The molecule has 4 amide bonds. The second kappa shape index (κ2) is 7.46. The molecule has 28 heavy (non-hydrogen) atoms. The molecule has 4 rings (SSSR count). The maximum Gasteiger partial charge on any atom is 0.331 e. The minimum atomic E-state index is -0.651. The minimum absolute atomic E-state index is 0.0131. The normalized spacial score (nSPS) is 19.5. The minimum Gasteiger partial charge on any atom is -0.493 e. The number of benzene rings is 2. The van der Waals surface area contributed by atoms with Crippen molar-refractivity contribution in [3.05, 3.63) is 47.5 Å². The van der Waals surface area contributed by atoms with Gasteiger partial charge in [0.1, 0.15) is 11.3 Å². The SMILES string of the molecule is CCOc1ccc(/C=C2/C(=O)NC(=O)N(C3CCCC3)C2=O)c2ccccc12. The third kappa shape index (κ3) is 3.15. The summed E-state index contributed by atoms with van der Waals surface area (Å²) in [5, 5.41) is 4.11. The van der Waals surface area contributed by atoms with E-state index in [0.29, 0.717) is 6.61 Å². The summed E-state index contributed by atoms with van der Waals surface area (Å²) in [6, 6.07) is 10.6. The summed E-state index contributed by atoms with van der Waals surface area (Å²) >= 11 is 0. The standard InChI is InChI=1S/C22H22N2O4/c1-2-28-19-12-11-14(16-9-5-6-10-17(16)19)13-18-20(25)23-22(27)24(21(18)26)15-7-3-4-8-15/h5-6,9-13,15H,2-4,7-8H2,1H3,(H,23,25,27)/b18-13-. The smallest absolute Gasteiger partial charge is 0.331 e. The second-order valence-corrected chi connectivity index (χ2v) is 7.06. The van der Waals surface area contributed by atoms with Crippen molar-refractivity contribution < 1.29 is 19.1 Å². The lowest BCUT2D eigenvalue weighted by molar-refractivity contribution is -0.131. The van der Waals surface area contributed by atoms with E-state index in [1.807, 2.05) is 43.3 Å². The summed E-state index contributed by atoms with van der Waals surface area (Å²) in [6.45, 7) is 2.47. The van der Waals surface area contributed by atoms with Crippen LogP contribution in [0.25, 0.3) is 16.8 Å². The quantitative estimate of drug-likeness (QED) is 0.651. The molecule has 1 heterocycles. The molecule has 1 aliphatic carbocycles. The van der Waals surface area contributed by atoms with E-state index in [0.717, 1.165) is 47.8 Å². The number of nitrogens with zero attached hydrogens (tertiary/aromatic N) is 1. The van der Waals surface area contributed by atoms with E-state index >= 15 is 0 Å². The maximum atomic E-state index is 13.0. The van der Waals surface area contributed by atoms with Crippen LogP contribution in [0.5, 0.6) is 5.75 Å². The van der Waals surface area contributed by atoms with Gasteiger partial charge in [0.2, 0.25) is 0 Å². The summed E-state index contributed by atoms with van der Waals surface area (Å²) in [7, 11) is 0. The molecular formula is C22H22N2O4. The zero-order chi connectivity index (χ0) is 19.7. The topological polar surface area (TPSA) is 75.7 Å². The van der Waals surface area contributed by atoms with Crippen molar-refractivity contribution in [2.75, 3.05) is 6.61 Å². The molecule has 1 saturated carbocycles. The van der Waals surface area contributed by atoms with Crippen LogP contribution in [0.4, 0.5) is 4.79 Å². The van der Waals surface area contributed by atoms with E-state index in [-0.39, 0.29) is 11.6 Å². The van der Waals surface area contributed by atoms with Crippen molar-refractivity contribution in [3.63, 3.8) is 0 Å². The molecule has 2 fully saturated rings. The van der Waals surface area contributed by atoms with E-state index in [4.69, 9.17) is 4.74 Å². The molecule has 2 aromatic rings. The Hall–Kier alpha value is -3.15. The number of nitrogens with one attached hydrogen (secondary N) is 1. The van der Waals surface area contributed by atoms with Crippen LogP contribution in [0.3, 0.4) is 0 Å². The highest BCUT2D eigenvalue weighted by Gasteiger charge is 2.40. The van der Waals surface area contributed by atoms with Gasteiger partial charge in [0, 0.05) is 11.4 Å². The van der Waals surface area contributed by atoms with Crippen LogP contribution in [-0.2, 0) is 9.59 Å². The van der Waals surface area contributed by atoms with Crippen molar-refractivity contribution in [1.82, 2.24) is 10.2 Å². The number of imide groups is 2. The Labute approximate surface area is 163 Å². The molecule has 0 atom stereocenters. The number of hydrogen-bond acceptors (Lipinski definition) is 4. The van der Waals surface area contributed by atoms with Crippen LogP contribution in [-0.4, -0.2) is 35.4 Å². The fourth-order valence-electron chi connectivity index (χ4n) is 4.02. The number of carbonyl (C=O) groups is 3. The summed E-state index contributed by atoms with van der Waals surface area (Å²) in [5.41, 5.74) is 0.721. The zero-order valence-corrected chi connectivity index (χ0v) is 15.7. The molecule has 0 spiro atoms. The van der Waals surface area contributed by atoms with Crippen LogP contribution in [0.15, 0.2) is 42.0 Å². The number of amides is 4. The molecule has 0 radical (unpaired) electrons. The summed E-state index contributed by atoms with van der Waals surface area (Å²) in [6.07, 6.45) is 5.11. The molecule has 144 valence electrons. The molecule has 1 N–H and O–H groups in total. The van der Waals surface area contributed by atoms with Crippen molar-refractivity contribution in [3.8, 4) is 5.75 Å². The van der Waals surface area contributed by atoms with E-state index in [1.165, 1.54) is 4.90 Å². The van der Waals surface area contributed by atoms with Crippen LogP contribution < -0.4 is 10.1 Å². The van der Waals surface area contributed by atoms with Gasteiger partial charge in [-0.1, -0.05) is 43.2 Å². The molecular weight excluding hydrogens is 356 g/mol. The Balaban J connectivity index is 1.77. The van der Waals surface area contributed by atoms with Gasteiger partial charge in [-0.2, -0.15) is 0 Å². The van der Waals surface area contributed by atoms with Gasteiger partial charge < -0.3 is 4.74 Å². The first-order valence-corrected chi connectivity index (χ1v) is 9.65. The van der Waals surface area contributed by atoms with Crippen LogP contribution in [0.2, 0.25) is 0 Å². The fraction of sp³-hybridized carbons (Fsp3) is 0.318. The third-order valence-electron chi connectivity index (χ3n) is 5.34. The lowest BCUT2D eigenvalue weighted by Crippen LogP contribution is -2.57. The van der Waals surface area contributed by atoms with Gasteiger partial charge >= 0.3 is 6.03 Å². The molecule has 2 aliphatic rings. The van der Waals surface area contributed by atoms with Gasteiger partial charge in [-0.3, -0.25) is 19.8 Å². The van der Waals surface area contributed by atoms with E-state index in [9.17, 15) is 14.4 Å². The third-order valence-corrected chi connectivity index (χ3v) is 5.34. The first-order valence-electron chi connectivity index (χ1n) is 9.65. The first-order chi connectivity index (χ1) is 13.6. The van der Waals surface area contributed by atoms with Gasteiger partial charge in [0.25, 0.3) is 11.8 Å². The number of fused-ring (bicyclic) bond motifs is 1. The highest BCUT2D eigenvalue weighted by molar-refractivity contribution is 6.31. The highest BCUT2D eigenvalue weighted by Crippen LogP contribution is 2.31. The van der Waals surface area contributed by atoms with Gasteiger partial charge in [0.05, 0.1) is 6.61 Å². The molecule has 6 nitrogen and oxygen atoms in total. The summed E-state index contributed by atoms with van der Waals surface area (Å²) < 4.78 is 5.69. The van der Waals surface area contributed by atoms with Gasteiger partial charge in [0.15, 0.2) is 0 Å². The van der Waals surface area contributed by atoms with Crippen molar-refractivity contribution in [2.45, 2.75) is 38.6 Å². The number of hydrogen-bond donors (Lipinski definition) is 1. The Kier molecular flexibility index (Phi) is 4.86. The number of urea groups is 1. The number of barbiturate groups is 1. The number of ether oxygens (including phenoxy) is 1. The van der Waals surface area contributed by atoms with Crippen molar-refractivity contribution in [1.29, 1.82) is 0 Å². The predicted octanol–water partition coefficient (Wildman–Crippen LogP) is 3.64. The number of rotatable bonds is 4. The fourth-order valence-corrected chi connectivity index (χ4v) is 4.02. The van der Waals surface area contributed by atoms with Crippen LogP contribution in [0.1, 0.15) is 38.2 Å². The average molecular weight is 378 g/mol. The van der Waals surface area contributed by atoms with Crippen molar-refractivity contribution >= 4 is 34.7 Å². The van der Waals surface area contributed by atoms with Gasteiger partial charge in [-0.25, -0.2) is 4.79 Å². The molecule has 6 heteroatoms. The van der Waals surface area contributed by atoms with Crippen LogP contribution >= 0.6 is 0 Å². The summed E-state index contributed by atoms with van der Waals surface area (Å²) in [4.78, 5) is 38.9. The Morgan fingerprint density at radius 3 is 2.50 bits per heavy atom. The van der Waals surface area contributed by atoms with E-state index in [1.54, 1.807) is 6.08 Å². The summed E-state index contributed by atoms with van der Waals surface area (Å²) in [5.74, 6) is -0.414. The number of carbonyl (C=O) groups excluding carboxylic acids is 3. The Morgan fingerprint density at radius 1 is 1.07 bits per heavy atom. The van der Waals surface area contributed by atoms with Gasteiger partial charge in [-0.05, 0) is 42.9 Å². The molecule has 2 aromatic carbocycles. The lowest BCUT2D eigenvalue weighted by Gasteiger charge is -2.31. The molecule has 1 aliphatic heterocycles. The molecule has 0 unspecified atom stereocenters. The Morgan fingerprint density at radius 2 is 1.79 bits per heavy atom. The Bertz CT molecular complexity index is 989. The predicted molar refractivity (Wildman–Crippen MR) is 106 cm³/mol. The average Bonchev–Trinajstić information content (AvgIpc) is 3.21. The first kappa shape index (κ1) is 18.2. The van der Waals surface area contributed by atoms with Crippen LogP contribution in [0, 0.1) is 0 Å². The van der Waals surface area contributed by atoms with E-state index in [2.05, 4.69) is 5.32 Å². The molecule has 0 aromatic heterocycles. The van der Waals surface area contributed by atoms with E-state index < -0.39 is 17.8 Å². The second-order valence-electron chi connectivity index (χ2n) is 7.06. The molecule has 1 saturated heterocycles. The van der Waals surface area contributed by atoms with Gasteiger partial charge in [-0.15, -0.1) is 0 Å². The molecule has 0 bridgehead atoms. The lowest BCUT2D eigenvalue weighted by atomic mass is 9.99. The monoisotopic (exact) mass is 378 g/mol. The van der Waals surface area contributed by atoms with Crippen molar-refractivity contribution in [2.24, 2.45) is 0 Å². The highest BCUT2D eigenvalue weighted by atomic mass is 16.5. The zero-order valence-electron chi connectivity index (χ0n) is 15.7. The maximum absolute atomic E-state index is 13.0. The largest absolute Gasteiger partial charge is 0.493 e.